The summed E-state index contributed by atoms with van der Waals surface area (Å²) in [7, 11) is 0. The van der Waals surface area contributed by atoms with Crippen LogP contribution in [0.25, 0.3) is 22.5 Å². The molecule has 0 spiro atoms. The zero-order valence-corrected chi connectivity index (χ0v) is 10.6. The number of aromatic nitrogens is 1. The maximum Gasteiger partial charge on any atom is 0.387 e. The first-order chi connectivity index (χ1) is 10.1. The van der Waals surface area contributed by atoms with Crippen LogP contribution in [-0.2, 0) is 0 Å². The van der Waals surface area contributed by atoms with Crippen LogP contribution in [-0.4, -0.2) is 11.8 Å². The standard InChI is InChI=1S/C14H10F2N2O3/c15-14(16)20-10-3-1-8(2-4-10)11-12(21-18-13(11)17)9-5-6-19-7-9/h1-7,14H,(H2,17,18). The fourth-order valence-corrected chi connectivity index (χ4v) is 1.98. The second-order valence-corrected chi connectivity index (χ2v) is 4.19. The minimum absolute atomic E-state index is 0.0636. The second kappa shape index (κ2) is 5.28. The van der Waals surface area contributed by atoms with Crippen LogP contribution in [0.4, 0.5) is 14.6 Å². The van der Waals surface area contributed by atoms with Crippen molar-refractivity contribution in [3.05, 3.63) is 42.9 Å². The van der Waals surface area contributed by atoms with Crippen molar-refractivity contribution in [2.24, 2.45) is 0 Å². The Morgan fingerprint density at radius 1 is 1.10 bits per heavy atom. The van der Waals surface area contributed by atoms with E-state index in [0.29, 0.717) is 22.5 Å². The Bertz CT molecular complexity index is 721. The van der Waals surface area contributed by atoms with Gasteiger partial charge in [0.1, 0.15) is 12.0 Å². The van der Waals surface area contributed by atoms with Gasteiger partial charge < -0.3 is 19.4 Å². The summed E-state index contributed by atoms with van der Waals surface area (Å²) in [6.07, 6.45) is 3.00. The Balaban J connectivity index is 1.99. The van der Waals surface area contributed by atoms with E-state index in [2.05, 4.69) is 9.89 Å². The molecule has 0 radical (unpaired) electrons. The van der Waals surface area contributed by atoms with Crippen molar-refractivity contribution < 1.29 is 22.5 Å². The highest BCUT2D eigenvalue weighted by molar-refractivity contribution is 5.86. The maximum absolute atomic E-state index is 12.1. The lowest BCUT2D eigenvalue weighted by atomic mass is 10.0. The van der Waals surface area contributed by atoms with Gasteiger partial charge >= 0.3 is 6.61 Å². The summed E-state index contributed by atoms with van der Waals surface area (Å²) in [6.45, 7) is -2.86. The number of hydrogen-bond acceptors (Lipinski definition) is 5. The van der Waals surface area contributed by atoms with E-state index in [4.69, 9.17) is 14.7 Å². The zero-order chi connectivity index (χ0) is 14.8. The lowest BCUT2D eigenvalue weighted by Gasteiger charge is -2.05. The molecule has 0 aliphatic heterocycles. The number of ether oxygens (including phenoxy) is 1. The molecule has 1 aromatic carbocycles. The van der Waals surface area contributed by atoms with Gasteiger partial charge in [-0.2, -0.15) is 8.78 Å². The molecular weight excluding hydrogens is 282 g/mol. The number of anilines is 1. The molecular formula is C14H10F2N2O3. The van der Waals surface area contributed by atoms with Crippen molar-refractivity contribution in [2.45, 2.75) is 6.61 Å². The van der Waals surface area contributed by atoms with Gasteiger partial charge in [-0.15, -0.1) is 0 Å². The third-order valence-corrected chi connectivity index (χ3v) is 2.87. The van der Waals surface area contributed by atoms with Crippen LogP contribution in [0.1, 0.15) is 0 Å². The minimum atomic E-state index is -2.86. The van der Waals surface area contributed by atoms with Gasteiger partial charge in [0.15, 0.2) is 11.6 Å². The number of halogens is 2. The van der Waals surface area contributed by atoms with E-state index in [0.717, 1.165) is 0 Å². The quantitative estimate of drug-likeness (QED) is 0.792. The molecule has 7 heteroatoms. The Morgan fingerprint density at radius 2 is 1.86 bits per heavy atom. The molecule has 0 unspecified atom stereocenters. The average Bonchev–Trinajstić information content (AvgIpc) is 3.08. The van der Waals surface area contributed by atoms with Gasteiger partial charge in [0.2, 0.25) is 0 Å². The summed E-state index contributed by atoms with van der Waals surface area (Å²) in [5.41, 5.74) is 7.74. The fourth-order valence-electron chi connectivity index (χ4n) is 1.98. The van der Waals surface area contributed by atoms with Crippen molar-refractivity contribution in [2.75, 3.05) is 5.73 Å². The minimum Gasteiger partial charge on any atom is -0.472 e. The third kappa shape index (κ3) is 2.58. The molecule has 21 heavy (non-hydrogen) atoms. The molecule has 2 N–H and O–H groups in total. The van der Waals surface area contributed by atoms with E-state index in [1.807, 2.05) is 0 Å². The number of rotatable bonds is 4. The van der Waals surface area contributed by atoms with Gasteiger partial charge in [0.05, 0.1) is 17.4 Å². The number of hydrogen-bond donors (Lipinski definition) is 1. The first kappa shape index (κ1) is 13.2. The Labute approximate surface area is 117 Å². The average molecular weight is 292 g/mol. The van der Waals surface area contributed by atoms with Crippen LogP contribution in [0.2, 0.25) is 0 Å². The van der Waals surface area contributed by atoms with E-state index in [1.165, 1.54) is 24.7 Å². The number of nitrogens with zero attached hydrogens (tertiary/aromatic N) is 1. The summed E-state index contributed by atoms with van der Waals surface area (Å²) in [5, 5.41) is 3.73. The summed E-state index contributed by atoms with van der Waals surface area (Å²) < 4.78 is 38.8. The molecule has 2 heterocycles. The molecule has 2 aromatic heterocycles. The summed E-state index contributed by atoms with van der Waals surface area (Å²) in [5.74, 6) is 0.714. The van der Waals surface area contributed by atoms with E-state index in [1.54, 1.807) is 18.2 Å². The van der Waals surface area contributed by atoms with Crippen LogP contribution < -0.4 is 10.5 Å². The largest absolute Gasteiger partial charge is 0.472 e. The van der Waals surface area contributed by atoms with Gasteiger partial charge in [-0.1, -0.05) is 17.3 Å². The normalized spacial score (nSPS) is 11.0. The highest BCUT2D eigenvalue weighted by atomic mass is 19.3. The molecule has 0 aliphatic carbocycles. The van der Waals surface area contributed by atoms with Crippen LogP contribution in [0.15, 0.2) is 51.8 Å². The summed E-state index contributed by atoms with van der Waals surface area (Å²) in [6, 6.07) is 7.76. The number of nitrogen functional groups attached to an aromatic ring is 1. The van der Waals surface area contributed by atoms with Crippen molar-refractivity contribution in [3.8, 4) is 28.2 Å². The van der Waals surface area contributed by atoms with Crippen molar-refractivity contribution in [1.29, 1.82) is 0 Å². The molecule has 0 saturated carbocycles. The predicted octanol–water partition coefficient (Wildman–Crippen LogP) is 3.79. The molecule has 108 valence electrons. The Morgan fingerprint density at radius 3 is 2.48 bits per heavy atom. The topological polar surface area (TPSA) is 74.4 Å². The van der Waals surface area contributed by atoms with Crippen molar-refractivity contribution in [1.82, 2.24) is 5.16 Å². The SMILES string of the molecule is Nc1noc(-c2ccoc2)c1-c1ccc(OC(F)F)cc1. The summed E-state index contributed by atoms with van der Waals surface area (Å²) in [4.78, 5) is 0. The molecule has 3 rings (SSSR count). The highest BCUT2D eigenvalue weighted by Crippen LogP contribution is 2.37. The predicted molar refractivity (Wildman–Crippen MR) is 70.7 cm³/mol. The smallest absolute Gasteiger partial charge is 0.387 e. The van der Waals surface area contributed by atoms with Crippen LogP contribution in [0.5, 0.6) is 5.75 Å². The van der Waals surface area contributed by atoms with E-state index >= 15 is 0 Å². The zero-order valence-electron chi connectivity index (χ0n) is 10.6. The van der Waals surface area contributed by atoms with Gasteiger partial charge in [-0.25, -0.2) is 0 Å². The highest BCUT2D eigenvalue weighted by Gasteiger charge is 2.18. The van der Waals surface area contributed by atoms with Crippen LogP contribution >= 0.6 is 0 Å². The molecule has 0 fully saturated rings. The maximum atomic E-state index is 12.1. The van der Waals surface area contributed by atoms with Crippen LogP contribution in [0, 0.1) is 0 Å². The van der Waals surface area contributed by atoms with Gasteiger partial charge in [0.25, 0.3) is 0 Å². The Kier molecular flexibility index (Phi) is 3.31. The van der Waals surface area contributed by atoms with Crippen molar-refractivity contribution >= 4 is 5.82 Å². The molecule has 0 saturated heterocycles. The lowest BCUT2D eigenvalue weighted by molar-refractivity contribution is -0.0498. The first-order valence-corrected chi connectivity index (χ1v) is 5.98. The molecule has 5 nitrogen and oxygen atoms in total. The van der Waals surface area contributed by atoms with Gasteiger partial charge in [0, 0.05) is 0 Å². The monoisotopic (exact) mass is 292 g/mol. The molecule has 0 aliphatic rings. The van der Waals surface area contributed by atoms with E-state index in [-0.39, 0.29) is 11.6 Å². The third-order valence-electron chi connectivity index (χ3n) is 2.87. The Hall–Kier alpha value is -2.83. The lowest BCUT2D eigenvalue weighted by Crippen LogP contribution is -2.01. The van der Waals surface area contributed by atoms with E-state index in [9.17, 15) is 8.78 Å². The second-order valence-electron chi connectivity index (χ2n) is 4.19. The molecule has 0 amide bonds. The van der Waals surface area contributed by atoms with Crippen LogP contribution in [0.3, 0.4) is 0 Å². The van der Waals surface area contributed by atoms with Gasteiger partial charge in [-0.05, 0) is 23.8 Å². The number of alkyl halides is 2. The fraction of sp³-hybridized carbons (Fsp3) is 0.0714. The van der Waals surface area contributed by atoms with Crippen molar-refractivity contribution in [3.63, 3.8) is 0 Å². The summed E-state index contributed by atoms with van der Waals surface area (Å²) >= 11 is 0. The first-order valence-electron chi connectivity index (χ1n) is 5.98. The van der Waals surface area contributed by atoms with E-state index < -0.39 is 6.61 Å². The number of nitrogens with two attached hydrogens (primary N) is 1. The molecule has 0 bridgehead atoms. The number of furan rings is 1. The molecule has 3 aromatic rings. The number of benzene rings is 1. The van der Waals surface area contributed by atoms with Gasteiger partial charge in [-0.3, -0.25) is 0 Å². The molecule has 0 atom stereocenters.